The van der Waals surface area contributed by atoms with Crippen LogP contribution in [0.2, 0.25) is 5.15 Å². The number of aromatic nitrogens is 2. The van der Waals surface area contributed by atoms with E-state index in [1.807, 2.05) is 0 Å². The molecule has 0 saturated carbocycles. The highest BCUT2D eigenvalue weighted by atomic mass is 35.5. The van der Waals surface area contributed by atoms with Gasteiger partial charge in [-0.05, 0) is 44.5 Å². The van der Waals surface area contributed by atoms with E-state index in [1.165, 1.54) is 18.5 Å². The van der Waals surface area contributed by atoms with Crippen LogP contribution in [0.5, 0.6) is 0 Å². The third-order valence-corrected chi connectivity index (χ3v) is 3.73. The highest BCUT2D eigenvalue weighted by Gasteiger charge is 2.34. The molecule has 0 unspecified atom stereocenters. The molecule has 2 aromatic rings. The maximum atomic E-state index is 11.9. The zero-order valence-corrected chi connectivity index (χ0v) is 16.8. The van der Waals surface area contributed by atoms with Gasteiger partial charge < -0.3 is 9.47 Å². The molecule has 158 valence electrons. The molecule has 0 amide bonds. The second kappa shape index (κ2) is 11.4. The number of carbonyl (C=O) groups is 2. The number of hydrogen-bond donors (Lipinski definition) is 0. The molecule has 2 rings (SSSR count). The van der Waals surface area contributed by atoms with Gasteiger partial charge in [0, 0.05) is 12.4 Å². The minimum absolute atomic E-state index is 0.209. The molecule has 0 bridgehead atoms. The lowest BCUT2D eigenvalue weighted by atomic mass is 10.0. The molecule has 0 atom stereocenters. The second-order valence-electron chi connectivity index (χ2n) is 5.48. The molecule has 0 aromatic carbocycles. The Kier molecular flexibility index (Phi) is 9.54. The average Bonchev–Trinajstić information content (AvgIpc) is 2.64. The zero-order chi connectivity index (χ0) is 22.0. The Hall–Kier alpha value is -2.68. The van der Waals surface area contributed by atoms with Crippen LogP contribution in [0.25, 0.3) is 0 Å². The largest absolute Gasteiger partial charge is 0.465 e. The van der Waals surface area contributed by atoms with E-state index in [9.17, 15) is 22.8 Å². The molecule has 0 aliphatic heterocycles. The summed E-state index contributed by atoms with van der Waals surface area (Å²) in [6, 6.07) is 5.60. The van der Waals surface area contributed by atoms with Crippen molar-refractivity contribution in [3.05, 3.63) is 58.6 Å². The van der Waals surface area contributed by atoms with Crippen LogP contribution in [0.15, 0.2) is 36.7 Å². The minimum atomic E-state index is -4.41. The predicted molar refractivity (Wildman–Crippen MR) is 99.2 cm³/mol. The number of hydrogen-bond acceptors (Lipinski definition) is 6. The van der Waals surface area contributed by atoms with Gasteiger partial charge in [0.05, 0.1) is 24.5 Å². The lowest BCUT2D eigenvalue weighted by molar-refractivity contribution is -0.157. The molecule has 0 fully saturated rings. The first-order valence-electron chi connectivity index (χ1n) is 8.55. The number of carbonyl (C=O) groups excluding carboxylic acids is 2. The lowest BCUT2D eigenvalue weighted by Crippen LogP contribution is -2.27. The molecule has 0 radical (unpaired) electrons. The van der Waals surface area contributed by atoms with Gasteiger partial charge >= 0.3 is 18.1 Å². The Morgan fingerprint density at radius 3 is 1.97 bits per heavy atom. The maximum absolute atomic E-state index is 11.9. The fraction of sp³-hybridized carbons (Fsp3) is 0.368. The van der Waals surface area contributed by atoms with Crippen molar-refractivity contribution in [3.8, 4) is 0 Å². The standard InChI is InChI=1S/C13H17NO4.C6H3ClF3N/c1-4-17-12(15)10(13(16)18-5-2)11-9(3)7-6-8-14-11;7-5-4(6(8,9)10)2-1-3-11-5/h6-8,10H,4-5H2,1-3H3;1-3H. The van der Waals surface area contributed by atoms with Gasteiger partial charge in [-0.3, -0.25) is 14.6 Å². The van der Waals surface area contributed by atoms with Crippen molar-refractivity contribution in [2.45, 2.75) is 32.9 Å². The SMILES string of the molecule is CCOC(=O)C(C(=O)OCC)c1ncccc1C.FC(F)(F)c1cccnc1Cl. The van der Waals surface area contributed by atoms with Crippen LogP contribution in [0.4, 0.5) is 13.2 Å². The van der Waals surface area contributed by atoms with Gasteiger partial charge in [0.2, 0.25) is 0 Å². The Morgan fingerprint density at radius 2 is 1.55 bits per heavy atom. The maximum Gasteiger partial charge on any atom is 0.419 e. The van der Waals surface area contributed by atoms with Crippen LogP contribution >= 0.6 is 11.6 Å². The lowest BCUT2D eigenvalue weighted by Gasteiger charge is -2.15. The molecule has 0 aliphatic rings. The van der Waals surface area contributed by atoms with Gasteiger partial charge in [-0.25, -0.2) is 4.98 Å². The predicted octanol–water partition coefficient (Wildman–Crippen LogP) is 4.35. The molecule has 6 nitrogen and oxygen atoms in total. The molecule has 2 aromatic heterocycles. The number of ether oxygens (including phenoxy) is 2. The molecule has 10 heteroatoms. The molecular formula is C19H20ClF3N2O4. The van der Waals surface area contributed by atoms with Gasteiger partial charge in [0.15, 0.2) is 5.92 Å². The molecule has 0 aliphatic carbocycles. The van der Waals surface area contributed by atoms with E-state index in [4.69, 9.17) is 21.1 Å². The Balaban J connectivity index is 0.000000326. The second-order valence-corrected chi connectivity index (χ2v) is 5.84. The Labute approximate surface area is 171 Å². The number of pyridine rings is 2. The smallest absolute Gasteiger partial charge is 0.419 e. The summed E-state index contributed by atoms with van der Waals surface area (Å²) in [5.74, 6) is -2.36. The van der Waals surface area contributed by atoms with E-state index in [0.717, 1.165) is 11.6 Å². The fourth-order valence-corrected chi connectivity index (χ4v) is 2.39. The number of rotatable bonds is 5. The third-order valence-electron chi connectivity index (χ3n) is 3.43. The Morgan fingerprint density at radius 1 is 1.03 bits per heavy atom. The average molecular weight is 433 g/mol. The van der Waals surface area contributed by atoms with E-state index in [2.05, 4.69) is 9.97 Å². The summed E-state index contributed by atoms with van der Waals surface area (Å²) in [4.78, 5) is 31.1. The van der Waals surface area contributed by atoms with E-state index in [0.29, 0.717) is 5.69 Å². The van der Waals surface area contributed by atoms with Crippen molar-refractivity contribution in [2.75, 3.05) is 13.2 Å². The summed E-state index contributed by atoms with van der Waals surface area (Å²) in [6.45, 7) is 5.58. The van der Waals surface area contributed by atoms with Crippen molar-refractivity contribution in [2.24, 2.45) is 0 Å². The van der Waals surface area contributed by atoms with Gasteiger partial charge in [-0.15, -0.1) is 0 Å². The van der Waals surface area contributed by atoms with Crippen LogP contribution in [-0.2, 0) is 25.2 Å². The van der Waals surface area contributed by atoms with Gasteiger partial charge in [0.1, 0.15) is 5.15 Å². The highest BCUT2D eigenvalue weighted by Crippen LogP contribution is 2.32. The van der Waals surface area contributed by atoms with E-state index >= 15 is 0 Å². The molecule has 0 spiro atoms. The first kappa shape index (κ1) is 24.4. The first-order chi connectivity index (χ1) is 13.6. The summed E-state index contributed by atoms with van der Waals surface area (Å²) >= 11 is 5.18. The molecule has 29 heavy (non-hydrogen) atoms. The normalized spacial score (nSPS) is 10.8. The molecule has 2 heterocycles. The number of alkyl halides is 3. The summed E-state index contributed by atoms with van der Waals surface area (Å²) in [7, 11) is 0. The molecule has 0 saturated heterocycles. The summed E-state index contributed by atoms with van der Waals surface area (Å²) < 4.78 is 45.6. The van der Waals surface area contributed by atoms with Crippen LogP contribution in [0.1, 0.15) is 36.6 Å². The van der Waals surface area contributed by atoms with Crippen molar-refractivity contribution in [1.29, 1.82) is 0 Å². The highest BCUT2D eigenvalue weighted by molar-refractivity contribution is 6.30. The van der Waals surface area contributed by atoms with Gasteiger partial charge in [-0.1, -0.05) is 17.7 Å². The van der Waals surface area contributed by atoms with Crippen LogP contribution < -0.4 is 0 Å². The molecular weight excluding hydrogens is 413 g/mol. The summed E-state index contributed by atoms with van der Waals surface area (Å²) in [5, 5.41) is -0.514. The third kappa shape index (κ3) is 7.34. The van der Waals surface area contributed by atoms with Crippen LogP contribution in [0, 0.1) is 6.92 Å². The number of esters is 2. The van der Waals surface area contributed by atoms with Gasteiger partial charge in [-0.2, -0.15) is 13.2 Å². The summed E-state index contributed by atoms with van der Waals surface area (Å²) in [6.07, 6.45) is -1.67. The minimum Gasteiger partial charge on any atom is -0.465 e. The van der Waals surface area contributed by atoms with Crippen molar-refractivity contribution >= 4 is 23.5 Å². The number of halogens is 4. The topological polar surface area (TPSA) is 78.4 Å². The van der Waals surface area contributed by atoms with E-state index in [1.54, 1.807) is 32.9 Å². The van der Waals surface area contributed by atoms with Crippen molar-refractivity contribution in [3.63, 3.8) is 0 Å². The Bertz CT molecular complexity index is 813. The zero-order valence-electron chi connectivity index (χ0n) is 16.0. The fourth-order valence-electron chi connectivity index (χ4n) is 2.17. The number of aryl methyl sites for hydroxylation is 1. The van der Waals surface area contributed by atoms with Crippen LogP contribution in [-0.4, -0.2) is 35.1 Å². The first-order valence-corrected chi connectivity index (χ1v) is 8.93. The van der Waals surface area contributed by atoms with E-state index < -0.39 is 34.7 Å². The molecule has 0 N–H and O–H groups in total. The quantitative estimate of drug-likeness (QED) is 0.397. The van der Waals surface area contributed by atoms with Gasteiger partial charge in [0.25, 0.3) is 0 Å². The van der Waals surface area contributed by atoms with Crippen molar-refractivity contribution < 1.29 is 32.2 Å². The van der Waals surface area contributed by atoms with Crippen molar-refractivity contribution in [1.82, 2.24) is 9.97 Å². The number of nitrogens with zero attached hydrogens (tertiary/aromatic N) is 2. The van der Waals surface area contributed by atoms with E-state index in [-0.39, 0.29) is 13.2 Å². The monoisotopic (exact) mass is 432 g/mol. The van der Waals surface area contributed by atoms with Crippen LogP contribution in [0.3, 0.4) is 0 Å². The summed E-state index contributed by atoms with van der Waals surface area (Å²) in [5.41, 5.74) is 0.236.